The quantitative estimate of drug-likeness (QED) is 0.881. The molecule has 0 aliphatic carbocycles. The van der Waals surface area contributed by atoms with Gasteiger partial charge in [0, 0.05) is 37.6 Å². The van der Waals surface area contributed by atoms with E-state index in [0.717, 1.165) is 11.4 Å². The third-order valence-electron chi connectivity index (χ3n) is 5.17. The van der Waals surface area contributed by atoms with Gasteiger partial charge in [-0.15, -0.1) is 0 Å². The Morgan fingerprint density at radius 1 is 1.11 bits per heavy atom. The number of nitrogens with one attached hydrogen (secondary N) is 1. The van der Waals surface area contributed by atoms with Gasteiger partial charge in [0.1, 0.15) is 11.5 Å². The number of carbonyl (C=O) groups excluding carboxylic acids is 1. The van der Waals surface area contributed by atoms with E-state index in [2.05, 4.69) is 5.48 Å². The molecule has 1 saturated heterocycles. The molecule has 0 saturated carbocycles. The Bertz CT molecular complexity index is 890. The van der Waals surface area contributed by atoms with E-state index in [1.807, 2.05) is 35.2 Å². The summed E-state index contributed by atoms with van der Waals surface area (Å²) in [4.78, 5) is 25.4. The van der Waals surface area contributed by atoms with Crippen molar-refractivity contribution in [2.45, 2.75) is 18.6 Å². The molecular weight excluding hydrogens is 358 g/mol. The SMILES string of the molecule is COc1ccc(C(=O)N2CCC3(CC2)N=C(c2ccccc2)NO3)c(OC)c1. The van der Waals surface area contributed by atoms with Crippen LogP contribution in [0.5, 0.6) is 11.5 Å². The molecule has 2 aliphatic rings. The Morgan fingerprint density at radius 2 is 1.86 bits per heavy atom. The molecule has 0 radical (unpaired) electrons. The van der Waals surface area contributed by atoms with E-state index in [1.54, 1.807) is 32.4 Å². The Hall–Kier alpha value is -3.06. The normalized spacial score (nSPS) is 17.8. The van der Waals surface area contributed by atoms with Crippen molar-refractivity contribution in [1.29, 1.82) is 0 Å². The van der Waals surface area contributed by atoms with Crippen molar-refractivity contribution < 1.29 is 19.1 Å². The smallest absolute Gasteiger partial charge is 0.257 e. The Morgan fingerprint density at radius 3 is 2.54 bits per heavy atom. The van der Waals surface area contributed by atoms with E-state index in [4.69, 9.17) is 19.3 Å². The van der Waals surface area contributed by atoms with Crippen molar-refractivity contribution >= 4 is 11.7 Å². The first-order valence-electron chi connectivity index (χ1n) is 9.25. The summed E-state index contributed by atoms with van der Waals surface area (Å²) in [5.74, 6) is 1.83. The predicted molar refractivity (Wildman–Crippen MR) is 105 cm³/mol. The van der Waals surface area contributed by atoms with E-state index in [-0.39, 0.29) is 5.91 Å². The molecule has 1 amide bonds. The molecule has 146 valence electrons. The highest BCUT2D eigenvalue weighted by Gasteiger charge is 2.41. The first-order valence-corrected chi connectivity index (χ1v) is 9.25. The summed E-state index contributed by atoms with van der Waals surface area (Å²) in [6.45, 7) is 1.11. The van der Waals surface area contributed by atoms with Gasteiger partial charge in [-0.1, -0.05) is 30.3 Å². The van der Waals surface area contributed by atoms with Crippen molar-refractivity contribution in [2.24, 2.45) is 4.99 Å². The number of amides is 1. The van der Waals surface area contributed by atoms with Crippen molar-refractivity contribution in [1.82, 2.24) is 10.4 Å². The lowest BCUT2D eigenvalue weighted by Crippen LogP contribution is -2.46. The first-order chi connectivity index (χ1) is 13.6. The van der Waals surface area contributed by atoms with Gasteiger partial charge < -0.3 is 14.4 Å². The fourth-order valence-corrected chi connectivity index (χ4v) is 3.53. The van der Waals surface area contributed by atoms with Gasteiger partial charge in [0.25, 0.3) is 5.91 Å². The van der Waals surface area contributed by atoms with Crippen molar-refractivity contribution in [3.05, 3.63) is 59.7 Å². The van der Waals surface area contributed by atoms with Gasteiger partial charge in [0.2, 0.25) is 0 Å². The highest BCUT2D eigenvalue weighted by atomic mass is 16.7. The topological polar surface area (TPSA) is 72.4 Å². The van der Waals surface area contributed by atoms with E-state index >= 15 is 0 Å². The maximum Gasteiger partial charge on any atom is 0.257 e. The molecule has 7 heteroatoms. The summed E-state index contributed by atoms with van der Waals surface area (Å²) in [5.41, 5.74) is 3.85. The predicted octanol–water partition coefficient (Wildman–Crippen LogP) is 2.62. The molecule has 4 rings (SSSR count). The van der Waals surface area contributed by atoms with Crippen LogP contribution >= 0.6 is 0 Å². The lowest BCUT2D eigenvalue weighted by molar-refractivity contribution is -0.0849. The highest BCUT2D eigenvalue weighted by molar-refractivity contribution is 5.99. The van der Waals surface area contributed by atoms with Crippen LogP contribution in [-0.2, 0) is 4.84 Å². The minimum Gasteiger partial charge on any atom is -0.497 e. The van der Waals surface area contributed by atoms with Crippen molar-refractivity contribution in [2.75, 3.05) is 27.3 Å². The summed E-state index contributed by atoms with van der Waals surface area (Å²) in [5, 5.41) is 0. The molecule has 2 heterocycles. The molecule has 0 atom stereocenters. The van der Waals surface area contributed by atoms with Crippen LogP contribution in [0.1, 0.15) is 28.8 Å². The minimum absolute atomic E-state index is 0.0624. The van der Waals surface area contributed by atoms with Gasteiger partial charge in [0.15, 0.2) is 11.6 Å². The molecule has 0 unspecified atom stereocenters. The highest BCUT2D eigenvalue weighted by Crippen LogP contribution is 2.33. The molecule has 1 fully saturated rings. The number of likely N-dealkylation sites (tertiary alicyclic amines) is 1. The zero-order chi connectivity index (χ0) is 19.6. The zero-order valence-electron chi connectivity index (χ0n) is 16.0. The number of rotatable bonds is 4. The third-order valence-corrected chi connectivity index (χ3v) is 5.17. The average Bonchev–Trinajstić information content (AvgIpc) is 3.17. The van der Waals surface area contributed by atoms with Crippen LogP contribution in [0.15, 0.2) is 53.5 Å². The second kappa shape index (κ2) is 7.52. The van der Waals surface area contributed by atoms with E-state index < -0.39 is 5.72 Å². The molecule has 2 aliphatic heterocycles. The summed E-state index contributed by atoms with van der Waals surface area (Å²) in [7, 11) is 3.13. The van der Waals surface area contributed by atoms with E-state index in [9.17, 15) is 4.79 Å². The van der Waals surface area contributed by atoms with Gasteiger partial charge in [0.05, 0.1) is 19.8 Å². The average molecular weight is 381 g/mol. The number of benzene rings is 2. The fourth-order valence-electron chi connectivity index (χ4n) is 3.53. The van der Waals surface area contributed by atoms with Gasteiger partial charge >= 0.3 is 0 Å². The molecule has 28 heavy (non-hydrogen) atoms. The molecule has 7 nitrogen and oxygen atoms in total. The van der Waals surface area contributed by atoms with Crippen LogP contribution < -0.4 is 15.0 Å². The number of hydrogen-bond donors (Lipinski definition) is 1. The van der Waals surface area contributed by atoms with Crippen LogP contribution in [0.3, 0.4) is 0 Å². The van der Waals surface area contributed by atoms with E-state index in [0.29, 0.717) is 43.0 Å². The molecule has 1 spiro atoms. The summed E-state index contributed by atoms with van der Waals surface area (Å²) in [6, 6.07) is 15.1. The minimum atomic E-state index is -0.619. The number of methoxy groups -OCH3 is 2. The Balaban J connectivity index is 1.46. The maximum atomic E-state index is 13.0. The number of piperidine rings is 1. The van der Waals surface area contributed by atoms with Crippen LogP contribution in [0.25, 0.3) is 0 Å². The molecule has 1 N–H and O–H groups in total. The van der Waals surface area contributed by atoms with Crippen molar-refractivity contribution in [3.63, 3.8) is 0 Å². The standard InChI is InChI=1S/C21H23N3O4/c1-26-16-8-9-17(18(14-16)27-2)20(25)24-12-10-21(11-13-24)22-19(23-28-21)15-6-4-3-5-7-15/h3-9,14H,10-13H2,1-2H3,(H,22,23). The van der Waals surface area contributed by atoms with Crippen LogP contribution in [0.4, 0.5) is 0 Å². The second-order valence-corrected chi connectivity index (χ2v) is 6.84. The number of aliphatic imine (C=N–C) groups is 1. The molecular formula is C21H23N3O4. The number of hydrogen-bond acceptors (Lipinski definition) is 6. The van der Waals surface area contributed by atoms with Crippen LogP contribution in [0, 0.1) is 0 Å². The van der Waals surface area contributed by atoms with Crippen molar-refractivity contribution in [3.8, 4) is 11.5 Å². The second-order valence-electron chi connectivity index (χ2n) is 6.84. The van der Waals surface area contributed by atoms with Crippen LogP contribution in [0.2, 0.25) is 0 Å². The largest absolute Gasteiger partial charge is 0.497 e. The van der Waals surface area contributed by atoms with Gasteiger partial charge in [-0.2, -0.15) is 0 Å². The monoisotopic (exact) mass is 381 g/mol. The lowest BCUT2D eigenvalue weighted by atomic mass is 10.00. The summed E-state index contributed by atoms with van der Waals surface area (Å²) in [6.07, 6.45) is 1.25. The van der Waals surface area contributed by atoms with E-state index in [1.165, 1.54) is 0 Å². The summed E-state index contributed by atoms with van der Waals surface area (Å²) >= 11 is 0. The summed E-state index contributed by atoms with van der Waals surface area (Å²) < 4.78 is 10.6. The first kappa shape index (κ1) is 18.3. The maximum absolute atomic E-state index is 13.0. The molecule has 0 aromatic heterocycles. The number of carbonyl (C=O) groups is 1. The Kier molecular flexibility index (Phi) is 4.92. The zero-order valence-corrected chi connectivity index (χ0v) is 16.0. The van der Waals surface area contributed by atoms with Crippen LogP contribution in [-0.4, -0.2) is 49.7 Å². The number of nitrogens with zero attached hydrogens (tertiary/aromatic N) is 2. The lowest BCUT2D eigenvalue weighted by Gasteiger charge is -2.35. The molecule has 2 aromatic rings. The number of amidine groups is 1. The third kappa shape index (κ3) is 3.41. The fraction of sp³-hybridized carbons (Fsp3) is 0.333. The van der Waals surface area contributed by atoms with Gasteiger partial charge in [-0.25, -0.2) is 15.3 Å². The van der Waals surface area contributed by atoms with Gasteiger partial charge in [-0.3, -0.25) is 4.79 Å². The number of ether oxygens (including phenoxy) is 2. The molecule has 2 aromatic carbocycles. The number of hydroxylamine groups is 1. The van der Waals surface area contributed by atoms with Gasteiger partial charge in [-0.05, 0) is 12.1 Å². The molecule has 0 bridgehead atoms. The Labute approximate surface area is 163 Å².